The van der Waals surface area contributed by atoms with Crippen molar-refractivity contribution in [2.24, 2.45) is 11.8 Å². The summed E-state index contributed by atoms with van der Waals surface area (Å²) >= 11 is 14.5. The first-order valence-electron chi connectivity index (χ1n) is 12.8. The Bertz CT molecular complexity index is 1100. The summed E-state index contributed by atoms with van der Waals surface area (Å²) in [7, 11) is 0. The molecule has 2 saturated heterocycles. The summed E-state index contributed by atoms with van der Waals surface area (Å²) in [5, 5.41) is 6.04. The van der Waals surface area contributed by atoms with E-state index in [1.54, 1.807) is 23.5 Å². The third-order valence-corrected chi connectivity index (χ3v) is 8.93. The molecular weight excluding hydrogens is 514 g/mol. The number of likely N-dealkylation sites (tertiary alicyclic amines) is 2. The summed E-state index contributed by atoms with van der Waals surface area (Å²) in [6.45, 7) is 7.67. The predicted molar refractivity (Wildman–Crippen MR) is 148 cm³/mol. The second-order valence-corrected chi connectivity index (χ2v) is 11.9. The van der Waals surface area contributed by atoms with Gasteiger partial charge in [-0.2, -0.15) is 11.3 Å². The molecule has 1 aromatic heterocycles. The van der Waals surface area contributed by atoms with Crippen LogP contribution in [0.4, 0.5) is 4.39 Å². The third-order valence-electron chi connectivity index (χ3n) is 7.63. The van der Waals surface area contributed by atoms with E-state index in [2.05, 4.69) is 26.6 Å². The molecule has 2 atom stereocenters. The molecule has 0 spiro atoms. The van der Waals surface area contributed by atoms with Crippen LogP contribution in [0, 0.1) is 17.7 Å². The molecular formula is C29H33Cl2FN2OS. The number of benzene rings is 2. The lowest BCUT2D eigenvalue weighted by molar-refractivity contribution is 0.0542. The van der Waals surface area contributed by atoms with Crippen molar-refractivity contribution in [3.63, 3.8) is 0 Å². The minimum atomic E-state index is -0.203. The van der Waals surface area contributed by atoms with Crippen molar-refractivity contribution in [1.82, 2.24) is 9.80 Å². The van der Waals surface area contributed by atoms with E-state index >= 15 is 0 Å². The highest BCUT2D eigenvalue weighted by atomic mass is 35.5. The van der Waals surface area contributed by atoms with Crippen molar-refractivity contribution in [2.75, 3.05) is 39.3 Å². The number of piperidine rings is 1. The topological polar surface area (TPSA) is 15.7 Å². The summed E-state index contributed by atoms with van der Waals surface area (Å²) in [4.78, 5) is 5.19. The van der Waals surface area contributed by atoms with E-state index in [4.69, 9.17) is 27.9 Å². The van der Waals surface area contributed by atoms with Crippen LogP contribution in [-0.2, 0) is 17.9 Å². The molecule has 1 unspecified atom stereocenters. The zero-order valence-electron chi connectivity index (χ0n) is 20.4. The summed E-state index contributed by atoms with van der Waals surface area (Å²) in [6.07, 6.45) is 2.34. The minimum absolute atomic E-state index is 0.203. The molecule has 192 valence electrons. The van der Waals surface area contributed by atoms with E-state index in [0.29, 0.717) is 24.4 Å². The lowest BCUT2D eigenvalue weighted by Crippen LogP contribution is -2.39. The zero-order chi connectivity index (χ0) is 24.9. The lowest BCUT2D eigenvalue weighted by atomic mass is 9.89. The fourth-order valence-electron chi connectivity index (χ4n) is 5.64. The van der Waals surface area contributed by atoms with E-state index in [1.165, 1.54) is 30.5 Å². The number of rotatable bonds is 9. The average Bonchev–Trinajstić information content (AvgIpc) is 3.54. The fourth-order valence-corrected chi connectivity index (χ4v) is 6.73. The van der Waals surface area contributed by atoms with Crippen molar-refractivity contribution < 1.29 is 9.13 Å². The van der Waals surface area contributed by atoms with Crippen LogP contribution in [0.3, 0.4) is 0 Å². The van der Waals surface area contributed by atoms with Gasteiger partial charge in [0, 0.05) is 48.7 Å². The molecule has 5 rings (SSSR count). The lowest BCUT2D eigenvalue weighted by Gasteiger charge is -2.34. The highest BCUT2D eigenvalue weighted by molar-refractivity contribution is 7.08. The van der Waals surface area contributed by atoms with E-state index in [1.807, 2.05) is 18.2 Å². The van der Waals surface area contributed by atoms with Crippen molar-refractivity contribution in [1.29, 1.82) is 0 Å². The second-order valence-electron chi connectivity index (χ2n) is 10.2. The molecule has 36 heavy (non-hydrogen) atoms. The first-order valence-corrected chi connectivity index (χ1v) is 14.5. The SMILES string of the molecule is Fc1ccc(COCC2CCN(CC3CN(Cc4cc(Cl)ccc4Cl)C[C@H]3c3ccsc3)CC2)cc1. The van der Waals surface area contributed by atoms with Gasteiger partial charge in [0.2, 0.25) is 0 Å². The third kappa shape index (κ3) is 6.89. The van der Waals surface area contributed by atoms with Crippen molar-refractivity contribution in [3.05, 3.63) is 91.8 Å². The second kappa shape index (κ2) is 12.4. The Hall–Kier alpha value is -1.47. The Kier molecular flexibility index (Phi) is 8.99. The Morgan fingerprint density at radius 3 is 2.53 bits per heavy atom. The normalized spacial score (nSPS) is 21.9. The molecule has 0 N–H and O–H groups in total. The van der Waals surface area contributed by atoms with Gasteiger partial charge in [0.05, 0.1) is 6.61 Å². The number of hydrogen-bond acceptors (Lipinski definition) is 4. The Labute approximate surface area is 227 Å². The van der Waals surface area contributed by atoms with Crippen LogP contribution in [-0.4, -0.2) is 49.1 Å². The standard InChI is InChI=1S/C29H33Cl2FN2OS/c30-26-3-6-29(31)24(13-26)14-34-16-25(28(17-34)23-9-12-36-20-23)15-33-10-7-22(8-11-33)19-35-18-21-1-4-27(32)5-2-21/h1-6,9,12-13,20,22,25,28H,7-8,10-11,14-19H2/t25?,28-/m0/s1. The molecule has 0 amide bonds. The number of nitrogens with zero attached hydrogens (tertiary/aromatic N) is 2. The summed E-state index contributed by atoms with van der Waals surface area (Å²) < 4.78 is 19.0. The van der Waals surface area contributed by atoms with E-state index < -0.39 is 0 Å². The molecule has 0 saturated carbocycles. The smallest absolute Gasteiger partial charge is 0.123 e. The number of halogens is 3. The molecule has 2 aromatic carbocycles. The summed E-state index contributed by atoms with van der Waals surface area (Å²) in [5.74, 6) is 1.54. The predicted octanol–water partition coefficient (Wildman–Crippen LogP) is 7.34. The molecule has 7 heteroatoms. The summed E-state index contributed by atoms with van der Waals surface area (Å²) in [6, 6.07) is 14.6. The minimum Gasteiger partial charge on any atom is -0.376 e. The van der Waals surface area contributed by atoms with Crippen molar-refractivity contribution >= 4 is 34.5 Å². The number of thiophene rings is 1. The highest BCUT2D eigenvalue weighted by Crippen LogP contribution is 2.36. The van der Waals surface area contributed by atoms with Gasteiger partial charge < -0.3 is 9.64 Å². The maximum Gasteiger partial charge on any atom is 0.123 e. The number of hydrogen-bond donors (Lipinski definition) is 0. The summed E-state index contributed by atoms with van der Waals surface area (Å²) in [5.41, 5.74) is 3.60. The van der Waals surface area contributed by atoms with Crippen LogP contribution in [0.1, 0.15) is 35.4 Å². The maximum atomic E-state index is 13.1. The van der Waals surface area contributed by atoms with Crippen LogP contribution in [0.5, 0.6) is 0 Å². The number of ether oxygens (including phenoxy) is 1. The average molecular weight is 548 g/mol. The Balaban J connectivity index is 1.12. The van der Waals surface area contributed by atoms with Gasteiger partial charge in [0.25, 0.3) is 0 Å². The van der Waals surface area contributed by atoms with Gasteiger partial charge in [0.1, 0.15) is 5.82 Å². The van der Waals surface area contributed by atoms with E-state index in [-0.39, 0.29) is 5.82 Å². The van der Waals surface area contributed by atoms with Gasteiger partial charge in [-0.3, -0.25) is 4.90 Å². The largest absolute Gasteiger partial charge is 0.376 e. The molecule has 3 nitrogen and oxygen atoms in total. The molecule has 0 bridgehead atoms. The quantitative estimate of drug-likeness (QED) is 0.279. The van der Waals surface area contributed by atoms with Crippen LogP contribution in [0.2, 0.25) is 10.0 Å². The molecule has 3 aromatic rings. The van der Waals surface area contributed by atoms with Gasteiger partial charge in [-0.05, 0) is 102 Å². The van der Waals surface area contributed by atoms with Gasteiger partial charge >= 0.3 is 0 Å². The molecule has 2 aliphatic heterocycles. The van der Waals surface area contributed by atoms with Gasteiger partial charge in [-0.1, -0.05) is 35.3 Å². The first-order chi connectivity index (χ1) is 17.5. The highest BCUT2D eigenvalue weighted by Gasteiger charge is 2.36. The molecule has 2 fully saturated rings. The van der Waals surface area contributed by atoms with Crippen LogP contribution < -0.4 is 0 Å². The Morgan fingerprint density at radius 2 is 1.78 bits per heavy atom. The Morgan fingerprint density at radius 1 is 0.972 bits per heavy atom. The van der Waals surface area contributed by atoms with E-state index in [9.17, 15) is 4.39 Å². The van der Waals surface area contributed by atoms with Gasteiger partial charge in [-0.25, -0.2) is 4.39 Å². The maximum absolute atomic E-state index is 13.1. The van der Waals surface area contributed by atoms with Crippen LogP contribution in [0.15, 0.2) is 59.3 Å². The molecule has 3 heterocycles. The molecule has 0 aliphatic carbocycles. The van der Waals surface area contributed by atoms with Crippen molar-refractivity contribution in [3.8, 4) is 0 Å². The van der Waals surface area contributed by atoms with E-state index in [0.717, 1.165) is 67.0 Å². The van der Waals surface area contributed by atoms with Gasteiger partial charge in [-0.15, -0.1) is 0 Å². The molecule has 2 aliphatic rings. The fraction of sp³-hybridized carbons (Fsp3) is 0.448. The first kappa shape index (κ1) is 26.1. The monoisotopic (exact) mass is 546 g/mol. The zero-order valence-corrected chi connectivity index (χ0v) is 22.7. The van der Waals surface area contributed by atoms with Crippen LogP contribution >= 0.6 is 34.5 Å². The van der Waals surface area contributed by atoms with Gasteiger partial charge in [0.15, 0.2) is 0 Å². The van der Waals surface area contributed by atoms with Crippen molar-refractivity contribution in [2.45, 2.75) is 31.9 Å². The van der Waals surface area contributed by atoms with Crippen LogP contribution in [0.25, 0.3) is 0 Å². The molecule has 0 radical (unpaired) electrons.